The lowest BCUT2D eigenvalue weighted by Gasteiger charge is -2.37. The average molecular weight is 386 g/mol. The van der Waals surface area contributed by atoms with E-state index < -0.39 is 0 Å². The van der Waals surface area contributed by atoms with Crippen LogP contribution in [-0.2, 0) is 17.8 Å². The zero-order chi connectivity index (χ0) is 19.5. The van der Waals surface area contributed by atoms with Crippen molar-refractivity contribution in [1.82, 2.24) is 15.1 Å². The zero-order valence-corrected chi connectivity index (χ0v) is 16.8. The van der Waals surface area contributed by atoms with Crippen LogP contribution in [0.2, 0.25) is 0 Å². The summed E-state index contributed by atoms with van der Waals surface area (Å²) in [7, 11) is 1.68. The summed E-state index contributed by atoms with van der Waals surface area (Å²) < 4.78 is 5.50. The van der Waals surface area contributed by atoms with Crippen molar-refractivity contribution in [3.8, 4) is 5.75 Å². The van der Waals surface area contributed by atoms with Crippen molar-refractivity contribution in [1.29, 1.82) is 0 Å². The van der Waals surface area contributed by atoms with Crippen molar-refractivity contribution in [3.05, 3.63) is 29.3 Å². The number of carbonyl (C=O) groups excluding carboxylic acids is 2. The molecule has 1 unspecified atom stereocenters. The molecule has 2 fully saturated rings. The Morgan fingerprint density at radius 2 is 1.89 bits per heavy atom. The van der Waals surface area contributed by atoms with Crippen molar-refractivity contribution in [2.75, 3.05) is 26.7 Å². The van der Waals surface area contributed by atoms with E-state index in [1.165, 1.54) is 18.4 Å². The predicted molar refractivity (Wildman–Crippen MR) is 107 cm³/mol. The number of nitrogens with zero attached hydrogens (tertiary/aromatic N) is 2. The van der Waals surface area contributed by atoms with Crippen molar-refractivity contribution in [2.45, 2.75) is 57.5 Å². The number of hydrogen-bond donors (Lipinski definition) is 1. The number of rotatable bonds is 3. The Kier molecular flexibility index (Phi) is 5.74. The third-order valence-corrected chi connectivity index (χ3v) is 6.50. The Bertz CT molecular complexity index is 715. The van der Waals surface area contributed by atoms with Crippen molar-refractivity contribution >= 4 is 11.9 Å². The molecule has 6 nitrogen and oxygen atoms in total. The lowest BCUT2D eigenvalue weighted by Crippen LogP contribution is -2.51. The standard InChI is InChI=1S/C22H31N3O3/c1-28-20-10-4-6-16-11-13-24(15-19(16)20)21(26)17-7-5-12-25(14-17)22(27)23-18-8-2-3-9-18/h4,6,10,17-18H,2-3,5,7-9,11-15H2,1H3,(H,23,27). The summed E-state index contributed by atoms with van der Waals surface area (Å²) in [5.74, 6) is 0.936. The highest BCUT2D eigenvalue weighted by Crippen LogP contribution is 2.30. The Morgan fingerprint density at radius 3 is 2.68 bits per heavy atom. The van der Waals surface area contributed by atoms with E-state index in [0.29, 0.717) is 19.1 Å². The molecule has 2 heterocycles. The van der Waals surface area contributed by atoms with Gasteiger partial charge in [-0.15, -0.1) is 0 Å². The lowest BCUT2D eigenvalue weighted by atomic mass is 9.93. The number of nitrogens with one attached hydrogen (secondary N) is 1. The number of methoxy groups -OCH3 is 1. The number of benzene rings is 1. The fourth-order valence-electron chi connectivity index (χ4n) is 4.89. The fourth-order valence-corrected chi connectivity index (χ4v) is 4.89. The fraction of sp³-hybridized carbons (Fsp3) is 0.636. The number of ether oxygens (including phenoxy) is 1. The summed E-state index contributed by atoms with van der Waals surface area (Å²) in [5.41, 5.74) is 2.39. The third kappa shape index (κ3) is 3.96. The van der Waals surface area contributed by atoms with Gasteiger partial charge < -0.3 is 19.9 Å². The van der Waals surface area contributed by atoms with Gasteiger partial charge in [-0.3, -0.25) is 4.79 Å². The van der Waals surface area contributed by atoms with Crippen molar-refractivity contribution < 1.29 is 14.3 Å². The zero-order valence-electron chi connectivity index (χ0n) is 16.8. The van der Waals surface area contributed by atoms with E-state index in [2.05, 4.69) is 11.4 Å². The number of piperidine rings is 1. The van der Waals surface area contributed by atoms with Gasteiger partial charge in [0.15, 0.2) is 0 Å². The van der Waals surface area contributed by atoms with Crippen LogP contribution >= 0.6 is 0 Å². The van der Waals surface area contributed by atoms with Gasteiger partial charge in [-0.25, -0.2) is 4.79 Å². The molecule has 0 bridgehead atoms. The van der Waals surface area contributed by atoms with Crippen LogP contribution in [0.25, 0.3) is 0 Å². The second-order valence-electron chi connectivity index (χ2n) is 8.32. The molecule has 28 heavy (non-hydrogen) atoms. The molecular weight excluding hydrogens is 354 g/mol. The molecule has 1 saturated carbocycles. The number of hydrogen-bond acceptors (Lipinski definition) is 3. The Balaban J connectivity index is 1.38. The first kappa shape index (κ1) is 19.1. The van der Waals surface area contributed by atoms with Gasteiger partial charge in [0.1, 0.15) is 5.75 Å². The molecule has 1 saturated heterocycles. The largest absolute Gasteiger partial charge is 0.496 e. The minimum absolute atomic E-state index is 0.00931. The quantitative estimate of drug-likeness (QED) is 0.870. The number of urea groups is 1. The molecule has 0 aromatic heterocycles. The third-order valence-electron chi connectivity index (χ3n) is 6.50. The molecule has 0 radical (unpaired) electrons. The molecule has 2 aliphatic heterocycles. The van der Waals surface area contributed by atoms with Gasteiger partial charge in [0, 0.05) is 37.8 Å². The van der Waals surface area contributed by atoms with Crippen LogP contribution in [0.1, 0.15) is 49.7 Å². The second kappa shape index (κ2) is 8.41. The van der Waals surface area contributed by atoms with Gasteiger partial charge in [-0.05, 0) is 43.7 Å². The van der Waals surface area contributed by atoms with Crippen LogP contribution in [0, 0.1) is 5.92 Å². The lowest BCUT2D eigenvalue weighted by molar-refractivity contribution is -0.137. The minimum Gasteiger partial charge on any atom is -0.496 e. The summed E-state index contributed by atoms with van der Waals surface area (Å²) in [4.78, 5) is 29.6. The molecule has 4 rings (SSSR count). The van der Waals surface area contributed by atoms with Crippen LogP contribution in [0.3, 0.4) is 0 Å². The average Bonchev–Trinajstić information content (AvgIpc) is 3.25. The monoisotopic (exact) mass is 385 g/mol. The van der Waals surface area contributed by atoms with Crippen LogP contribution < -0.4 is 10.1 Å². The molecule has 1 N–H and O–H groups in total. The summed E-state index contributed by atoms with van der Waals surface area (Å²) in [6, 6.07) is 6.42. The van der Waals surface area contributed by atoms with Gasteiger partial charge >= 0.3 is 6.03 Å². The minimum atomic E-state index is -0.0978. The molecule has 152 valence electrons. The molecule has 6 heteroatoms. The number of likely N-dealkylation sites (tertiary alicyclic amines) is 1. The number of fused-ring (bicyclic) bond motifs is 1. The number of carbonyl (C=O) groups is 2. The number of amides is 3. The summed E-state index contributed by atoms with van der Waals surface area (Å²) in [6.45, 7) is 2.62. The summed E-state index contributed by atoms with van der Waals surface area (Å²) in [6.07, 6.45) is 7.17. The summed E-state index contributed by atoms with van der Waals surface area (Å²) >= 11 is 0. The van der Waals surface area contributed by atoms with E-state index in [1.807, 2.05) is 21.9 Å². The van der Waals surface area contributed by atoms with E-state index in [1.54, 1.807) is 7.11 Å². The molecule has 3 amide bonds. The van der Waals surface area contributed by atoms with Gasteiger partial charge in [0.05, 0.1) is 13.0 Å². The van der Waals surface area contributed by atoms with Gasteiger partial charge in [0.2, 0.25) is 5.91 Å². The van der Waals surface area contributed by atoms with E-state index >= 15 is 0 Å². The smallest absolute Gasteiger partial charge is 0.317 e. The first-order chi connectivity index (χ1) is 13.7. The van der Waals surface area contributed by atoms with Gasteiger partial charge in [-0.1, -0.05) is 25.0 Å². The van der Waals surface area contributed by atoms with Crippen LogP contribution in [-0.4, -0.2) is 54.5 Å². The van der Waals surface area contributed by atoms with Crippen molar-refractivity contribution in [3.63, 3.8) is 0 Å². The molecular formula is C22H31N3O3. The molecule has 1 aromatic carbocycles. The molecule has 0 spiro atoms. The Labute approximate surface area is 167 Å². The van der Waals surface area contributed by atoms with Gasteiger partial charge in [-0.2, -0.15) is 0 Å². The Hall–Kier alpha value is -2.24. The van der Waals surface area contributed by atoms with Gasteiger partial charge in [0.25, 0.3) is 0 Å². The highest BCUT2D eigenvalue weighted by molar-refractivity contribution is 5.81. The normalized spacial score (nSPS) is 22.7. The first-order valence-electron chi connectivity index (χ1n) is 10.6. The van der Waals surface area contributed by atoms with E-state index in [9.17, 15) is 9.59 Å². The maximum absolute atomic E-state index is 13.2. The molecule has 1 aromatic rings. The predicted octanol–water partition coefficient (Wildman–Crippen LogP) is 2.94. The molecule has 3 aliphatic rings. The maximum Gasteiger partial charge on any atom is 0.317 e. The van der Waals surface area contributed by atoms with E-state index in [4.69, 9.17) is 4.74 Å². The van der Waals surface area contributed by atoms with Crippen molar-refractivity contribution in [2.24, 2.45) is 5.92 Å². The first-order valence-corrected chi connectivity index (χ1v) is 10.6. The van der Waals surface area contributed by atoms with Crippen LogP contribution in [0.15, 0.2) is 18.2 Å². The highest BCUT2D eigenvalue weighted by atomic mass is 16.5. The Morgan fingerprint density at radius 1 is 1.07 bits per heavy atom. The van der Waals surface area contributed by atoms with Crippen LogP contribution in [0.4, 0.5) is 4.79 Å². The molecule has 1 atom stereocenters. The van der Waals surface area contributed by atoms with E-state index in [0.717, 1.165) is 56.5 Å². The maximum atomic E-state index is 13.2. The van der Waals surface area contributed by atoms with Crippen LogP contribution in [0.5, 0.6) is 5.75 Å². The molecule has 1 aliphatic carbocycles. The highest BCUT2D eigenvalue weighted by Gasteiger charge is 2.33. The summed E-state index contributed by atoms with van der Waals surface area (Å²) in [5, 5.41) is 3.16. The van der Waals surface area contributed by atoms with E-state index in [-0.39, 0.29) is 17.9 Å². The SMILES string of the molecule is COc1cccc2c1CN(C(=O)C1CCCN(C(=O)NC3CCCC3)C1)CC2. The second-order valence-corrected chi connectivity index (χ2v) is 8.32. The topological polar surface area (TPSA) is 61.9 Å².